The van der Waals surface area contributed by atoms with Gasteiger partial charge >= 0.3 is 0 Å². The fourth-order valence-corrected chi connectivity index (χ4v) is 3.08. The Morgan fingerprint density at radius 1 is 1.44 bits per heavy atom. The highest BCUT2D eigenvalue weighted by Crippen LogP contribution is 2.56. The SMILES string of the molecule is O=C(NC12CC(C1)C2)c1ccc(Cl)c(Br)c1. The zero-order valence-electron chi connectivity index (χ0n) is 8.59. The maximum Gasteiger partial charge on any atom is 0.251 e. The number of hydrogen-bond acceptors (Lipinski definition) is 1. The highest BCUT2D eigenvalue weighted by atomic mass is 79.9. The summed E-state index contributed by atoms with van der Waals surface area (Å²) in [4.78, 5) is 12.0. The molecule has 1 N–H and O–H groups in total. The lowest BCUT2D eigenvalue weighted by Gasteiger charge is -2.61. The van der Waals surface area contributed by atoms with E-state index >= 15 is 0 Å². The highest BCUT2D eigenvalue weighted by Gasteiger charge is 2.57. The number of hydrogen-bond donors (Lipinski definition) is 1. The molecule has 84 valence electrons. The number of halogens is 2. The zero-order valence-corrected chi connectivity index (χ0v) is 10.9. The molecule has 3 fully saturated rings. The quantitative estimate of drug-likeness (QED) is 0.891. The summed E-state index contributed by atoms with van der Waals surface area (Å²) in [6, 6.07) is 5.26. The van der Waals surface area contributed by atoms with E-state index in [4.69, 9.17) is 11.6 Å². The normalized spacial score (nSPS) is 30.2. The van der Waals surface area contributed by atoms with Crippen molar-refractivity contribution in [3.05, 3.63) is 33.3 Å². The second kappa shape index (κ2) is 3.47. The Morgan fingerprint density at radius 2 is 2.12 bits per heavy atom. The summed E-state index contributed by atoms with van der Waals surface area (Å²) in [6.45, 7) is 0. The minimum Gasteiger partial charge on any atom is -0.347 e. The number of rotatable bonds is 2. The maximum atomic E-state index is 12.0. The van der Waals surface area contributed by atoms with E-state index in [9.17, 15) is 4.79 Å². The second-order valence-corrected chi connectivity index (χ2v) is 6.10. The molecule has 3 aliphatic carbocycles. The first-order chi connectivity index (χ1) is 7.58. The van der Waals surface area contributed by atoms with Crippen molar-refractivity contribution in [3.63, 3.8) is 0 Å². The van der Waals surface area contributed by atoms with Crippen LogP contribution in [0.1, 0.15) is 29.6 Å². The van der Waals surface area contributed by atoms with Gasteiger partial charge in [0.05, 0.1) is 5.02 Å². The maximum absolute atomic E-state index is 12.0. The van der Waals surface area contributed by atoms with Crippen molar-refractivity contribution in [1.29, 1.82) is 0 Å². The van der Waals surface area contributed by atoms with Gasteiger partial charge in [0, 0.05) is 15.6 Å². The summed E-state index contributed by atoms with van der Waals surface area (Å²) in [6.07, 6.45) is 3.48. The molecule has 16 heavy (non-hydrogen) atoms. The van der Waals surface area contributed by atoms with Crippen LogP contribution in [0.5, 0.6) is 0 Å². The predicted molar refractivity (Wildman–Crippen MR) is 66.7 cm³/mol. The average Bonchev–Trinajstić information content (AvgIpc) is 2.13. The minimum absolute atomic E-state index is 0.00974. The minimum atomic E-state index is 0.00974. The van der Waals surface area contributed by atoms with Crippen molar-refractivity contribution in [2.24, 2.45) is 5.92 Å². The molecule has 0 heterocycles. The molecule has 0 atom stereocenters. The number of nitrogens with one attached hydrogen (secondary N) is 1. The van der Waals surface area contributed by atoms with Crippen LogP contribution in [0.15, 0.2) is 22.7 Å². The summed E-state index contributed by atoms with van der Waals surface area (Å²) in [7, 11) is 0. The fraction of sp³-hybridized carbons (Fsp3) is 0.417. The topological polar surface area (TPSA) is 29.1 Å². The molecule has 0 unspecified atom stereocenters. The van der Waals surface area contributed by atoms with E-state index in [-0.39, 0.29) is 11.4 Å². The predicted octanol–water partition coefficient (Wildman–Crippen LogP) is 3.38. The molecular weight excluding hydrogens is 289 g/mol. The van der Waals surface area contributed by atoms with Crippen molar-refractivity contribution in [3.8, 4) is 0 Å². The van der Waals surface area contributed by atoms with Crippen molar-refractivity contribution < 1.29 is 4.79 Å². The fourth-order valence-electron chi connectivity index (χ4n) is 2.58. The van der Waals surface area contributed by atoms with E-state index in [1.165, 1.54) is 0 Å². The van der Waals surface area contributed by atoms with Gasteiger partial charge < -0.3 is 5.32 Å². The van der Waals surface area contributed by atoms with Crippen molar-refractivity contribution in [1.82, 2.24) is 5.32 Å². The van der Waals surface area contributed by atoms with E-state index in [1.807, 2.05) is 0 Å². The molecule has 0 saturated heterocycles. The van der Waals surface area contributed by atoms with Gasteiger partial charge in [0.1, 0.15) is 0 Å². The molecule has 1 aromatic carbocycles. The summed E-state index contributed by atoms with van der Waals surface area (Å²) in [5.41, 5.74) is 0.800. The van der Waals surface area contributed by atoms with Gasteiger partial charge in [-0.1, -0.05) is 11.6 Å². The molecule has 0 spiro atoms. The first-order valence-electron chi connectivity index (χ1n) is 5.36. The molecular formula is C12H11BrClNO. The van der Waals surface area contributed by atoms with E-state index in [1.54, 1.807) is 18.2 Å². The molecule has 3 aliphatic rings. The van der Waals surface area contributed by atoms with Crippen LogP contribution < -0.4 is 5.32 Å². The molecule has 2 nitrogen and oxygen atoms in total. The summed E-state index contributed by atoms with van der Waals surface area (Å²) in [5.74, 6) is 0.882. The van der Waals surface area contributed by atoms with Crippen LogP contribution in [0.25, 0.3) is 0 Å². The Kier molecular flexibility index (Phi) is 2.30. The second-order valence-electron chi connectivity index (χ2n) is 4.84. The van der Waals surface area contributed by atoms with E-state index in [0.717, 1.165) is 29.7 Å². The Hall–Kier alpha value is -0.540. The number of amides is 1. The lowest BCUT2D eigenvalue weighted by molar-refractivity contribution is -0.0438. The van der Waals surface area contributed by atoms with Gasteiger partial charge in [-0.3, -0.25) is 4.79 Å². The number of carbonyl (C=O) groups is 1. The molecule has 1 aromatic rings. The van der Waals surface area contributed by atoms with Gasteiger partial charge in [0.15, 0.2) is 0 Å². The molecule has 2 bridgehead atoms. The highest BCUT2D eigenvalue weighted by molar-refractivity contribution is 9.10. The summed E-state index contributed by atoms with van der Waals surface area (Å²) in [5, 5.41) is 3.75. The average molecular weight is 301 g/mol. The Morgan fingerprint density at radius 3 is 2.62 bits per heavy atom. The van der Waals surface area contributed by atoms with Crippen LogP contribution in [0.4, 0.5) is 0 Å². The number of benzene rings is 1. The first kappa shape index (κ1) is 10.6. The Balaban J connectivity index is 1.75. The summed E-state index contributed by atoms with van der Waals surface area (Å²) >= 11 is 9.21. The largest absolute Gasteiger partial charge is 0.347 e. The smallest absolute Gasteiger partial charge is 0.251 e. The van der Waals surface area contributed by atoms with Crippen LogP contribution in [0, 0.1) is 5.92 Å². The summed E-state index contributed by atoms with van der Waals surface area (Å²) < 4.78 is 0.763. The zero-order chi connectivity index (χ0) is 11.3. The molecule has 0 aromatic heterocycles. The van der Waals surface area contributed by atoms with Crippen molar-refractivity contribution in [2.75, 3.05) is 0 Å². The van der Waals surface area contributed by atoms with Gasteiger partial charge in [-0.15, -0.1) is 0 Å². The molecule has 4 rings (SSSR count). The lowest BCUT2D eigenvalue weighted by atomic mass is 9.50. The Bertz CT molecular complexity index is 457. The van der Waals surface area contributed by atoms with E-state index in [2.05, 4.69) is 21.2 Å². The van der Waals surface area contributed by atoms with Crippen LogP contribution in [-0.4, -0.2) is 11.4 Å². The third kappa shape index (κ3) is 1.57. The third-order valence-corrected chi connectivity index (χ3v) is 4.81. The van der Waals surface area contributed by atoms with Gasteiger partial charge in [-0.2, -0.15) is 0 Å². The van der Waals surface area contributed by atoms with Gasteiger partial charge in [-0.05, 0) is 59.3 Å². The van der Waals surface area contributed by atoms with Gasteiger partial charge in [0.25, 0.3) is 5.91 Å². The molecule has 1 amide bonds. The Labute approximate surface area is 107 Å². The molecule has 0 radical (unpaired) electrons. The van der Waals surface area contributed by atoms with Crippen LogP contribution >= 0.6 is 27.5 Å². The van der Waals surface area contributed by atoms with Crippen LogP contribution in [0.2, 0.25) is 5.02 Å². The third-order valence-electron chi connectivity index (χ3n) is 3.60. The molecule has 0 aliphatic heterocycles. The van der Waals surface area contributed by atoms with E-state index in [0.29, 0.717) is 10.6 Å². The monoisotopic (exact) mass is 299 g/mol. The molecule has 4 heteroatoms. The first-order valence-corrected chi connectivity index (χ1v) is 6.53. The van der Waals surface area contributed by atoms with E-state index < -0.39 is 0 Å². The lowest BCUT2D eigenvalue weighted by Crippen LogP contribution is -2.68. The van der Waals surface area contributed by atoms with Crippen LogP contribution in [-0.2, 0) is 0 Å². The van der Waals surface area contributed by atoms with Crippen molar-refractivity contribution >= 4 is 33.4 Å². The van der Waals surface area contributed by atoms with Gasteiger partial charge in [-0.25, -0.2) is 0 Å². The standard InChI is InChI=1S/C12H11BrClNO/c13-9-3-8(1-2-10(9)14)11(16)15-12-4-7(5-12)6-12/h1-3,7H,4-6H2,(H,15,16). The van der Waals surface area contributed by atoms with Gasteiger partial charge in [0.2, 0.25) is 0 Å². The van der Waals surface area contributed by atoms with Crippen molar-refractivity contribution in [2.45, 2.75) is 24.8 Å². The van der Waals surface area contributed by atoms with Crippen LogP contribution in [0.3, 0.4) is 0 Å². The molecule has 3 saturated carbocycles. The number of carbonyl (C=O) groups excluding carboxylic acids is 1.